The summed E-state index contributed by atoms with van der Waals surface area (Å²) in [4.78, 5) is 2.50. The van der Waals surface area contributed by atoms with Crippen molar-refractivity contribution in [2.45, 2.75) is 25.9 Å². The SMILES string of the molecule is CC(c1cccc(Br)c1)N1CCc2cccc(N)c2C1. The van der Waals surface area contributed by atoms with E-state index in [-0.39, 0.29) is 0 Å². The Morgan fingerprint density at radius 2 is 2.00 bits per heavy atom. The molecule has 2 N–H and O–H groups in total. The van der Waals surface area contributed by atoms with Crippen LogP contribution in [0.3, 0.4) is 0 Å². The molecule has 1 unspecified atom stereocenters. The zero-order chi connectivity index (χ0) is 14.1. The van der Waals surface area contributed by atoms with Crippen molar-refractivity contribution >= 4 is 21.6 Å². The van der Waals surface area contributed by atoms with Gasteiger partial charge in [0.15, 0.2) is 0 Å². The first-order chi connectivity index (χ1) is 9.65. The standard InChI is InChI=1S/C17H19BrN2/c1-12(14-5-2-6-15(18)10-14)20-9-8-13-4-3-7-17(19)16(13)11-20/h2-7,10,12H,8-9,11,19H2,1H3. The van der Waals surface area contributed by atoms with Gasteiger partial charge in [-0.25, -0.2) is 0 Å². The van der Waals surface area contributed by atoms with Gasteiger partial charge in [-0.2, -0.15) is 0 Å². The molecule has 104 valence electrons. The lowest BCUT2D eigenvalue weighted by Gasteiger charge is -2.34. The molecular weight excluding hydrogens is 312 g/mol. The molecular formula is C17H19BrN2. The van der Waals surface area contributed by atoms with Crippen molar-refractivity contribution in [2.75, 3.05) is 12.3 Å². The summed E-state index contributed by atoms with van der Waals surface area (Å²) >= 11 is 3.55. The van der Waals surface area contributed by atoms with Crippen LogP contribution in [-0.2, 0) is 13.0 Å². The second kappa shape index (κ2) is 5.58. The molecule has 0 aromatic heterocycles. The molecule has 0 fully saturated rings. The Kier molecular flexibility index (Phi) is 3.81. The first-order valence-corrected chi connectivity index (χ1v) is 7.80. The van der Waals surface area contributed by atoms with Gasteiger partial charge in [0.25, 0.3) is 0 Å². The number of fused-ring (bicyclic) bond motifs is 1. The molecule has 0 saturated heterocycles. The van der Waals surface area contributed by atoms with E-state index in [0.717, 1.165) is 29.7 Å². The number of nitrogen functional groups attached to an aromatic ring is 1. The monoisotopic (exact) mass is 330 g/mol. The minimum absolute atomic E-state index is 0.403. The molecule has 20 heavy (non-hydrogen) atoms. The van der Waals surface area contributed by atoms with Crippen molar-refractivity contribution in [3.63, 3.8) is 0 Å². The van der Waals surface area contributed by atoms with E-state index in [0.29, 0.717) is 6.04 Å². The van der Waals surface area contributed by atoms with E-state index in [1.165, 1.54) is 16.7 Å². The molecule has 0 radical (unpaired) electrons. The third-order valence-electron chi connectivity index (χ3n) is 4.22. The second-order valence-corrected chi connectivity index (χ2v) is 6.35. The molecule has 0 saturated carbocycles. The molecule has 2 aromatic carbocycles. The Hall–Kier alpha value is -1.32. The van der Waals surface area contributed by atoms with E-state index in [1.807, 2.05) is 6.07 Å². The number of hydrogen-bond donors (Lipinski definition) is 1. The zero-order valence-corrected chi connectivity index (χ0v) is 13.2. The Labute approximate surface area is 128 Å². The molecule has 1 heterocycles. The van der Waals surface area contributed by atoms with Crippen molar-refractivity contribution in [3.05, 3.63) is 63.6 Å². The summed E-state index contributed by atoms with van der Waals surface area (Å²) in [6.07, 6.45) is 1.08. The molecule has 1 aliphatic rings. The predicted octanol–water partition coefficient (Wildman–Crippen LogP) is 4.15. The maximum absolute atomic E-state index is 6.13. The molecule has 3 heteroatoms. The summed E-state index contributed by atoms with van der Waals surface area (Å²) in [5.41, 5.74) is 11.1. The topological polar surface area (TPSA) is 29.3 Å². The first kappa shape index (κ1) is 13.7. The number of hydrogen-bond acceptors (Lipinski definition) is 2. The van der Waals surface area contributed by atoms with Gasteiger partial charge in [-0.15, -0.1) is 0 Å². The molecule has 0 spiro atoms. The minimum atomic E-state index is 0.403. The fraction of sp³-hybridized carbons (Fsp3) is 0.294. The van der Waals surface area contributed by atoms with Crippen molar-refractivity contribution in [2.24, 2.45) is 0 Å². The van der Waals surface area contributed by atoms with Crippen LogP contribution in [0.4, 0.5) is 5.69 Å². The molecule has 2 aromatic rings. The highest BCUT2D eigenvalue weighted by molar-refractivity contribution is 9.10. The summed E-state index contributed by atoms with van der Waals surface area (Å²) in [5, 5.41) is 0. The lowest BCUT2D eigenvalue weighted by molar-refractivity contribution is 0.192. The Morgan fingerprint density at radius 1 is 1.20 bits per heavy atom. The molecule has 0 bridgehead atoms. The fourth-order valence-electron chi connectivity index (χ4n) is 2.94. The number of anilines is 1. The van der Waals surface area contributed by atoms with E-state index < -0.39 is 0 Å². The van der Waals surface area contributed by atoms with Crippen molar-refractivity contribution in [1.29, 1.82) is 0 Å². The van der Waals surface area contributed by atoms with Gasteiger partial charge in [-0.3, -0.25) is 4.90 Å². The molecule has 1 aliphatic heterocycles. The lowest BCUT2D eigenvalue weighted by Crippen LogP contribution is -2.33. The maximum Gasteiger partial charge on any atom is 0.0362 e. The molecule has 0 amide bonds. The Balaban J connectivity index is 1.85. The number of nitrogens with two attached hydrogens (primary N) is 1. The van der Waals surface area contributed by atoms with Gasteiger partial charge < -0.3 is 5.73 Å². The van der Waals surface area contributed by atoms with Crippen molar-refractivity contribution < 1.29 is 0 Å². The van der Waals surface area contributed by atoms with Gasteiger partial charge in [0, 0.05) is 29.3 Å². The third kappa shape index (κ3) is 2.60. The van der Waals surface area contributed by atoms with Crippen LogP contribution in [0.5, 0.6) is 0 Å². The predicted molar refractivity (Wildman–Crippen MR) is 87.5 cm³/mol. The summed E-state index contributed by atoms with van der Waals surface area (Å²) in [5.74, 6) is 0. The minimum Gasteiger partial charge on any atom is -0.398 e. The average Bonchev–Trinajstić information content (AvgIpc) is 2.47. The molecule has 2 nitrogen and oxygen atoms in total. The lowest BCUT2D eigenvalue weighted by atomic mass is 9.96. The first-order valence-electron chi connectivity index (χ1n) is 7.01. The van der Waals surface area contributed by atoms with Crippen LogP contribution in [0.2, 0.25) is 0 Å². The van der Waals surface area contributed by atoms with Crippen molar-refractivity contribution in [3.8, 4) is 0 Å². The van der Waals surface area contributed by atoms with Gasteiger partial charge in [0.05, 0.1) is 0 Å². The maximum atomic E-state index is 6.13. The highest BCUT2D eigenvalue weighted by atomic mass is 79.9. The summed E-state index contributed by atoms with van der Waals surface area (Å²) in [6, 6.07) is 15.2. The Morgan fingerprint density at radius 3 is 2.80 bits per heavy atom. The highest BCUT2D eigenvalue weighted by Crippen LogP contribution is 2.31. The third-order valence-corrected chi connectivity index (χ3v) is 4.71. The number of halogens is 1. The fourth-order valence-corrected chi connectivity index (χ4v) is 3.35. The van der Waals surface area contributed by atoms with E-state index in [4.69, 9.17) is 5.73 Å². The summed E-state index contributed by atoms with van der Waals surface area (Å²) < 4.78 is 1.14. The molecule has 3 rings (SSSR count). The van der Waals surface area contributed by atoms with E-state index in [2.05, 4.69) is 64.2 Å². The smallest absolute Gasteiger partial charge is 0.0362 e. The van der Waals surface area contributed by atoms with E-state index in [9.17, 15) is 0 Å². The van der Waals surface area contributed by atoms with Crippen molar-refractivity contribution in [1.82, 2.24) is 4.90 Å². The van der Waals surface area contributed by atoms with E-state index in [1.54, 1.807) is 0 Å². The number of rotatable bonds is 2. The molecule has 1 atom stereocenters. The largest absolute Gasteiger partial charge is 0.398 e. The Bertz CT molecular complexity index is 624. The molecule has 0 aliphatic carbocycles. The summed E-state index contributed by atoms with van der Waals surface area (Å²) in [7, 11) is 0. The van der Waals surface area contributed by atoms with Crippen LogP contribution in [0.25, 0.3) is 0 Å². The number of nitrogens with zero attached hydrogens (tertiary/aromatic N) is 1. The average molecular weight is 331 g/mol. The number of benzene rings is 2. The van der Waals surface area contributed by atoms with Gasteiger partial charge in [-0.05, 0) is 48.2 Å². The van der Waals surface area contributed by atoms with Crippen LogP contribution < -0.4 is 5.73 Å². The second-order valence-electron chi connectivity index (χ2n) is 5.44. The van der Waals surface area contributed by atoms with Crippen LogP contribution in [0.1, 0.15) is 29.7 Å². The van der Waals surface area contributed by atoms with Gasteiger partial charge in [-0.1, -0.05) is 40.2 Å². The summed E-state index contributed by atoms with van der Waals surface area (Å²) in [6.45, 7) is 4.30. The highest BCUT2D eigenvalue weighted by Gasteiger charge is 2.22. The zero-order valence-electron chi connectivity index (χ0n) is 11.6. The van der Waals surface area contributed by atoms with Gasteiger partial charge in [0.2, 0.25) is 0 Å². The van der Waals surface area contributed by atoms with E-state index >= 15 is 0 Å². The quantitative estimate of drug-likeness (QED) is 0.838. The van der Waals surface area contributed by atoms with Crippen LogP contribution in [-0.4, -0.2) is 11.4 Å². The van der Waals surface area contributed by atoms with Gasteiger partial charge >= 0.3 is 0 Å². The van der Waals surface area contributed by atoms with Gasteiger partial charge in [0.1, 0.15) is 0 Å². The van der Waals surface area contributed by atoms with Crippen LogP contribution in [0.15, 0.2) is 46.9 Å². The van der Waals surface area contributed by atoms with Crippen LogP contribution >= 0.6 is 15.9 Å². The normalized spacial score (nSPS) is 16.7. The van der Waals surface area contributed by atoms with Crippen LogP contribution in [0, 0.1) is 0 Å².